The molecule has 3 aromatic rings. The average molecular weight is 488 g/mol. The topological polar surface area (TPSA) is 66.2 Å². The molecule has 3 heterocycles. The van der Waals surface area contributed by atoms with Gasteiger partial charge in [-0.25, -0.2) is 4.79 Å². The third-order valence-electron chi connectivity index (χ3n) is 7.38. The van der Waals surface area contributed by atoms with Gasteiger partial charge in [0.05, 0.1) is 12.8 Å². The highest BCUT2D eigenvalue weighted by molar-refractivity contribution is 6.07. The summed E-state index contributed by atoms with van der Waals surface area (Å²) in [6, 6.07) is 17.9. The van der Waals surface area contributed by atoms with Crippen molar-refractivity contribution in [3.05, 3.63) is 78.3 Å². The summed E-state index contributed by atoms with van der Waals surface area (Å²) in [4.78, 5) is 33.1. The number of nitrogens with zero attached hydrogens (tertiary/aromatic N) is 3. The van der Waals surface area contributed by atoms with Gasteiger partial charge in [0.2, 0.25) is 0 Å². The van der Waals surface area contributed by atoms with E-state index in [0.29, 0.717) is 39.0 Å². The Morgan fingerprint density at radius 1 is 1.03 bits per heavy atom. The molecule has 1 aromatic heterocycles. The van der Waals surface area contributed by atoms with Gasteiger partial charge in [0, 0.05) is 39.9 Å². The van der Waals surface area contributed by atoms with Crippen molar-refractivity contribution in [3.63, 3.8) is 0 Å². The number of amides is 3. The lowest BCUT2D eigenvalue weighted by atomic mass is 9.85. The van der Waals surface area contributed by atoms with Gasteiger partial charge in [-0.1, -0.05) is 42.5 Å². The van der Waals surface area contributed by atoms with E-state index in [4.69, 9.17) is 9.15 Å². The lowest BCUT2D eigenvalue weighted by Crippen LogP contribution is -2.56. The zero-order chi connectivity index (χ0) is 25.0. The molecule has 0 radical (unpaired) electrons. The van der Waals surface area contributed by atoms with Crippen molar-refractivity contribution in [2.24, 2.45) is 0 Å². The Bertz CT molecular complexity index is 1230. The molecule has 0 atom stereocenters. The number of furan rings is 1. The number of carbonyl (C=O) groups is 2. The number of likely N-dealkylation sites (tertiary alicyclic amines) is 1. The number of urea groups is 1. The van der Waals surface area contributed by atoms with E-state index in [1.54, 1.807) is 13.4 Å². The summed E-state index contributed by atoms with van der Waals surface area (Å²) in [5.74, 6) is 0.762. The van der Waals surface area contributed by atoms with Crippen LogP contribution in [0, 0.1) is 0 Å². The Morgan fingerprint density at radius 2 is 1.83 bits per heavy atom. The number of piperidine rings is 1. The molecule has 2 aliphatic heterocycles. The van der Waals surface area contributed by atoms with Gasteiger partial charge in [-0.2, -0.15) is 0 Å². The lowest BCUT2D eigenvalue weighted by Gasteiger charge is -2.42. The summed E-state index contributed by atoms with van der Waals surface area (Å²) in [6.07, 6.45) is 7.68. The summed E-state index contributed by atoms with van der Waals surface area (Å²) >= 11 is 0. The van der Waals surface area contributed by atoms with Crippen molar-refractivity contribution in [1.82, 2.24) is 14.7 Å². The molecule has 2 aliphatic rings. The van der Waals surface area contributed by atoms with Crippen molar-refractivity contribution in [2.75, 3.05) is 39.9 Å². The molecule has 7 nitrogen and oxygen atoms in total. The monoisotopic (exact) mass is 487 g/mol. The number of methoxy groups -OCH3 is 1. The molecule has 0 bridgehead atoms. The number of ether oxygens (including phenoxy) is 1. The van der Waals surface area contributed by atoms with Crippen LogP contribution >= 0.6 is 0 Å². The quantitative estimate of drug-likeness (QED) is 0.321. The third-order valence-corrected chi connectivity index (χ3v) is 7.38. The number of carbonyl (C=O) groups excluding carboxylic acids is 2. The fraction of sp³-hybridized carbons (Fsp3) is 0.379. The second-order valence-corrected chi connectivity index (χ2v) is 9.60. The zero-order valence-corrected chi connectivity index (χ0v) is 20.8. The van der Waals surface area contributed by atoms with Crippen LogP contribution in [0.3, 0.4) is 0 Å². The minimum Gasteiger partial charge on any atom is -0.465 e. The number of fused-ring (bicyclic) bond motifs is 1. The van der Waals surface area contributed by atoms with E-state index in [2.05, 4.69) is 35.2 Å². The maximum absolute atomic E-state index is 13.9. The highest BCUT2D eigenvalue weighted by Gasteiger charge is 2.57. The zero-order valence-electron chi connectivity index (χ0n) is 20.8. The third kappa shape index (κ3) is 4.81. The van der Waals surface area contributed by atoms with Crippen molar-refractivity contribution in [1.29, 1.82) is 0 Å². The van der Waals surface area contributed by atoms with Gasteiger partial charge in [-0.15, -0.1) is 0 Å². The van der Waals surface area contributed by atoms with Gasteiger partial charge in [-0.3, -0.25) is 14.6 Å². The summed E-state index contributed by atoms with van der Waals surface area (Å²) < 4.78 is 10.6. The van der Waals surface area contributed by atoms with E-state index < -0.39 is 5.54 Å². The van der Waals surface area contributed by atoms with Crippen LogP contribution in [0.25, 0.3) is 16.8 Å². The first-order valence-corrected chi connectivity index (χ1v) is 12.6. The van der Waals surface area contributed by atoms with Gasteiger partial charge in [0.15, 0.2) is 0 Å². The van der Waals surface area contributed by atoms with Crippen molar-refractivity contribution in [2.45, 2.75) is 31.3 Å². The molecule has 2 fully saturated rings. The molecule has 3 amide bonds. The van der Waals surface area contributed by atoms with Crippen molar-refractivity contribution >= 4 is 28.8 Å². The number of imide groups is 1. The molecular weight excluding hydrogens is 454 g/mol. The fourth-order valence-electron chi connectivity index (χ4n) is 5.41. The van der Waals surface area contributed by atoms with Gasteiger partial charge in [-0.05, 0) is 59.9 Å². The van der Waals surface area contributed by atoms with Crippen LogP contribution in [-0.4, -0.2) is 72.1 Å². The van der Waals surface area contributed by atoms with Crippen LogP contribution in [0.2, 0.25) is 0 Å². The number of rotatable bonds is 9. The van der Waals surface area contributed by atoms with Gasteiger partial charge in [0.25, 0.3) is 5.91 Å². The first-order chi connectivity index (χ1) is 17.6. The first-order valence-electron chi connectivity index (χ1n) is 12.6. The summed E-state index contributed by atoms with van der Waals surface area (Å²) in [5, 5.41) is 2.25. The SMILES string of the molecule is COCCCN1C(=O)N(Cc2ccc3ccccc3c2)C(=O)C12CCN(CC=Cc1ccco1)CC2. The Hall–Kier alpha value is -3.42. The fourth-order valence-corrected chi connectivity index (χ4v) is 5.41. The minimum atomic E-state index is -0.775. The van der Waals surface area contributed by atoms with Crippen LogP contribution in [0.5, 0.6) is 0 Å². The second-order valence-electron chi connectivity index (χ2n) is 9.60. The molecule has 2 saturated heterocycles. The molecule has 1 spiro atoms. The largest absolute Gasteiger partial charge is 0.465 e. The number of hydrogen-bond donors (Lipinski definition) is 0. The Kier molecular flexibility index (Phi) is 7.20. The van der Waals surface area contributed by atoms with Crippen molar-refractivity contribution < 1.29 is 18.7 Å². The molecule has 7 heteroatoms. The van der Waals surface area contributed by atoms with E-state index in [9.17, 15) is 9.59 Å². The molecule has 188 valence electrons. The maximum atomic E-state index is 13.9. The van der Waals surface area contributed by atoms with Gasteiger partial charge in [0.1, 0.15) is 11.3 Å². The molecule has 0 unspecified atom stereocenters. The Labute approximate surface area is 211 Å². The summed E-state index contributed by atoms with van der Waals surface area (Å²) in [7, 11) is 1.66. The van der Waals surface area contributed by atoms with Crippen LogP contribution in [0.4, 0.5) is 4.79 Å². The Morgan fingerprint density at radius 3 is 2.58 bits per heavy atom. The second kappa shape index (κ2) is 10.7. The van der Waals surface area contributed by atoms with E-state index >= 15 is 0 Å². The maximum Gasteiger partial charge on any atom is 0.327 e. The molecule has 36 heavy (non-hydrogen) atoms. The minimum absolute atomic E-state index is 0.0659. The van der Waals surface area contributed by atoms with Crippen LogP contribution in [0.15, 0.2) is 71.4 Å². The van der Waals surface area contributed by atoms with Gasteiger partial charge < -0.3 is 14.1 Å². The molecule has 2 aromatic carbocycles. The van der Waals surface area contributed by atoms with E-state index in [1.165, 1.54) is 4.90 Å². The van der Waals surface area contributed by atoms with E-state index in [1.807, 2.05) is 41.3 Å². The smallest absolute Gasteiger partial charge is 0.327 e. The number of benzene rings is 2. The predicted octanol–water partition coefficient (Wildman–Crippen LogP) is 4.78. The normalized spacial score (nSPS) is 18.4. The molecule has 5 rings (SSSR count). The predicted molar refractivity (Wildman–Crippen MR) is 139 cm³/mol. The van der Waals surface area contributed by atoms with Crippen molar-refractivity contribution in [3.8, 4) is 0 Å². The van der Waals surface area contributed by atoms with Crippen LogP contribution in [0.1, 0.15) is 30.6 Å². The van der Waals surface area contributed by atoms with E-state index in [-0.39, 0.29) is 11.9 Å². The van der Waals surface area contributed by atoms with Gasteiger partial charge >= 0.3 is 6.03 Å². The molecular formula is C29H33N3O4. The van der Waals surface area contributed by atoms with Crippen LogP contribution < -0.4 is 0 Å². The average Bonchev–Trinajstić information content (AvgIpc) is 3.48. The first kappa shape index (κ1) is 24.3. The Balaban J connectivity index is 1.31. The summed E-state index contributed by atoms with van der Waals surface area (Å²) in [6.45, 7) is 3.66. The summed E-state index contributed by atoms with van der Waals surface area (Å²) in [5.41, 5.74) is 0.188. The molecule has 0 N–H and O–H groups in total. The highest BCUT2D eigenvalue weighted by Crippen LogP contribution is 2.38. The number of hydrogen-bond acceptors (Lipinski definition) is 5. The molecule has 0 aliphatic carbocycles. The highest BCUT2D eigenvalue weighted by atomic mass is 16.5. The van der Waals surface area contributed by atoms with E-state index in [0.717, 1.165) is 41.7 Å². The van der Waals surface area contributed by atoms with Crippen LogP contribution in [-0.2, 0) is 16.1 Å². The standard InChI is InChI=1S/C29H33N3O4/c1-35-19-6-16-32-28(34)31(22-23-11-12-24-7-2-3-8-25(24)21-23)27(33)29(32)13-17-30(18-14-29)15-4-9-26-10-5-20-36-26/h2-5,7-12,20-21H,6,13-19,22H2,1H3. The lowest BCUT2D eigenvalue weighted by molar-refractivity contribution is -0.136. The molecule has 0 saturated carbocycles.